The first-order chi connectivity index (χ1) is 6.79. The largest absolute Gasteiger partial charge is 0.362 e. The first-order valence-electron chi connectivity index (χ1n) is 4.56. The fourth-order valence-corrected chi connectivity index (χ4v) is 2.88. The van der Waals surface area contributed by atoms with Crippen LogP contribution in [0.4, 0.5) is 5.13 Å². The fraction of sp³-hybridized carbons (Fsp3) is 0.300. The van der Waals surface area contributed by atoms with E-state index in [1.165, 1.54) is 9.75 Å². The van der Waals surface area contributed by atoms with Crippen LogP contribution in [0.1, 0.15) is 11.8 Å². The molecule has 0 radical (unpaired) electrons. The second kappa shape index (κ2) is 4.11. The van der Waals surface area contributed by atoms with Crippen molar-refractivity contribution >= 4 is 27.8 Å². The van der Waals surface area contributed by atoms with Crippen molar-refractivity contribution in [2.24, 2.45) is 0 Å². The molecule has 0 aliphatic carbocycles. The summed E-state index contributed by atoms with van der Waals surface area (Å²) in [6.45, 7) is 5.12. The maximum absolute atomic E-state index is 4.50. The van der Waals surface area contributed by atoms with Crippen LogP contribution in [0, 0.1) is 6.92 Å². The Balaban J connectivity index is 2.24. The van der Waals surface area contributed by atoms with Crippen LogP contribution in [0.5, 0.6) is 0 Å². The summed E-state index contributed by atoms with van der Waals surface area (Å²) in [4.78, 5) is 7.09. The zero-order valence-corrected chi connectivity index (χ0v) is 9.84. The van der Waals surface area contributed by atoms with Gasteiger partial charge in [0.25, 0.3) is 0 Å². The summed E-state index contributed by atoms with van der Waals surface area (Å²) in [6, 6.07) is 4.26. The maximum atomic E-state index is 4.50. The zero-order chi connectivity index (χ0) is 9.97. The molecule has 0 fully saturated rings. The Morgan fingerprint density at radius 1 is 1.43 bits per heavy atom. The number of thiazole rings is 1. The number of thiophene rings is 1. The summed E-state index contributed by atoms with van der Waals surface area (Å²) >= 11 is 3.45. The molecule has 14 heavy (non-hydrogen) atoms. The van der Waals surface area contributed by atoms with Crippen molar-refractivity contribution in [3.05, 3.63) is 22.4 Å². The highest BCUT2D eigenvalue weighted by atomic mass is 32.1. The molecule has 2 rings (SSSR count). The third-order valence-electron chi connectivity index (χ3n) is 1.82. The van der Waals surface area contributed by atoms with Crippen molar-refractivity contribution in [2.45, 2.75) is 13.8 Å². The smallest absolute Gasteiger partial charge is 0.183 e. The van der Waals surface area contributed by atoms with E-state index in [2.05, 4.69) is 41.7 Å². The molecule has 74 valence electrons. The number of aryl methyl sites for hydroxylation is 1. The minimum atomic E-state index is 0.927. The minimum absolute atomic E-state index is 0.927. The summed E-state index contributed by atoms with van der Waals surface area (Å²) < 4.78 is 0. The van der Waals surface area contributed by atoms with Gasteiger partial charge in [0, 0.05) is 16.8 Å². The number of anilines is 1. The van der Waals surface area contributed by atoms with Crippen LogP contribution >= 0.6 is 22.7 Å². The monoisotopic (exact) mass is 224 g/mol. The molecule has 0 spiro atoms. The van der Waals surface area contributed by atoms with Crippen LogP contribution in [0.3, 0.4) is 0 Å². The lowest BCUT2D eigenvalue weighted by molar-refractivity contribution is 1.19. The Hall–Kier alpha value is -0.870. The standard InChI is InChI=1S/C10H12N2S2/c1-3-11-10-12-8(6-13-10)9-5-4-7(2)14-9/h4-6H,3H2,1-2H3,(H,11,12). The molecule has 2 heterocycles. The summed E-state index contributed by atoms with van der Waals surface area (Å²) in [5.41, 5.74) is 1.09. The van der Waals surface area contributed by atoms with Crippen LogP contribution in [0.2, 0.25) is 0 Å². The van der Waals surface area contributed by atoms with Gasteiger partial charge in [-0.3, -0.25) is 0 Å². The summed E-state index contributed by atoms with van der Waals surface area (Å²) in [7, 11) is 0. The third kappa shape index (κ3) is 1.96. The topological polar surface area (TPSA) is 24.9 Å². The van der Waals surface area contributed by atoms with Crippen LogP contribution in [-0.2, 0) is 0 Å². The Morgan fingerprint density at radius 3 is 2.93 bits per heavy atom. The van der Waals surface area contributed by atoms with Gasteiger partial charge < -0.3 is 5.32 Å². The van der Waals surface area contributed by atoms with E-state index in [0.717, 1.165) is 17.4 Å². The summed E-state index contributed by atoms with van der Waals surface area (Å²) in [6.07, 6.45) is 0. The fourth-order valence-electron chi connectivity index (χ4n) is 1.19. The van der Waals surface area contributed by atoms with Gasteiger partial charge in [-0.15, -0.1) is 22.7 Å². The van der Waals surface area contributed by atoms with Gasteiger partial charge in [-0.1, -0.05) is 0 Å². The molecule has 0 bridgehead atoms. The van der Waals surface area contributed by atoms with Crippen molar-refractivity contribution in [3.63, 3.8) is 0 Å². The first-order valence-corrected chi connectivity index (χ1v) is 6.25. The molecule has 0 atom stereocenters. The van der Waals surface area contributed by atoms with E-state index >= 15 is 0 Å². The quantitative estimate of drug-likeness (QED) is 0.861. The molecule has 4 heteroatoms. The molecule has 0 aliphatic rings. The lowest BCUT2D eigenvalue weighted by atomic mass is 10.4. The zero-order valence-electron chi connectivity index (χ0n) is 8.20. The van der Waals surface area contributed by atoms with Crippen LogP contribution < -0.4 is 5.32 Å². The maximum Gasteiger partial charge on any atom is 0.183 e. The number of hydrogen-bond acceptors (Lipinski definition) is 4. The normalized spacial score (nSPS) is 10.4. The second-order valence-electron chi connectivity index (χ2n) is 2.98. The molecule has 0 amide bonds. The molecule has 0 saturated carbocycles. The van der Waals surface area contributed by atoms with Gasteiger partial charge in [-0.25, -0.2) is 4.98 Å². The van der Waals surface area contributed by atoms with Crippen molar-refractivity contribution in [1.29, 1.82) is 0 Å². The molecule has 2 nitrogen and oxygen atoms in total. The Kier molecular flexibility index (Phi) is 2.84. The van der Waals surface area contributed by atoms with Crippen molar-refractivity contribution in [1.82, 2.24) is 4.98 Å². The van der Waals surface area contributed by atoms with Gasteiger partial charge in [0.05, 0.1) is 10.6 Å². The molecule has 2 aromatic rings. The average molecular weight is 224 g/mol. The molecular formula is C10H12N2S2. The molecular weight excluding hydrogens is 212 g/mol. The number of nitrogens with one attached hydrogen (secondary N) is 1. The second-order valence-corrected chi connectivity index (χ2v) is 5.12. The van der Waals surface area contributed by atoms with Gasteiger partial charge in [-0.2, -0.15) is 0 Å². The van der Waals surface area contributed by atoms with E-state index < -0.39 is 0 Å². The van der Waals surface area contributed by atoms with Crippen LogP contribution in [0.15, 0.2) is 17.5 Å². The van der Waals surface area contributed by atoms with Gasteiger partial charge in [0.15, 0.2) is 5.13 Å². The van der Waals surface area contributed by atoms with E-state index in [1.54, 1.807) is 22.7 Å². The summed E-state index contributed by atoms with van der Waals surface area (Å²) in [5.74, 6) is 0. The lowest BCUT2D eigenvalue weighted by Crippen LogP contribution is -1.94. The molecule has 0 aromatic carbocycles. The van der Waals surface area contributed by atoms with Crippen LogP contribution in [-0.4, -0.2) is 11.5 Å². The predicted octanol–water partition coefficient (Wildman–Crippen LogP) is 3.61. The Labute approximate surface area is 91.6 Å². The summed E-state index contributed by atoms with van der Waals surface area (Å²) in [5, 5.41) is 6.32. The van der Waals surface area contributed by atoms with E-state index in [1.807, 2.05) is 0 Å². The number of rotatable bonds is 3. The molecule has 0 aliphatic heterocycles. The van der Waals surface area contributed by atoms with Crippen molar-refractivity contribution in [2.75, 3.05) is 11.9 Å². The number of aromatic nitrogens is 1. The van der Waals surface area contributed by atoms with Gasteiger partial charge in [0.1, 0.15) is 0 Å². The molecule has 1 N–H and O–H groups in total. The van der Waals surface area contributed by atoms with E-state index in [9.17, 15) is 0 Å². The predicted molar refractivity (Wildman–Crippen MR) is 64.3 cm³/mol. The van der Waals surface area contributed by atoms with Gasteiger partial charge in [-0.05, 0) is 26.0 Å². The number of nitrogens with zero attached hydrogens (tertiary/aromatic N) is 1. The first kappa shape index (κ1) is 9.68. The van der Waals surface area contributed by atoms with Crippen molar-refractivity contribution < 1.29 is 0 Å². The van der Waals surface area contributed by atoms with Crippen molar-refractivity contribution in [3.8, 4) is 10.6 Å². The molecule has 0 unspecified atom stereocenters. The van der Waals surface area contributed by atoms with Gasteiger partial charge in [0.2, 0.25) is 0 Å². The van der Waals surface area contributed by atoms with Gasteiger partial charge >= 0.3 is 0 Å². The lowest BCUT2D eigenvalue weighted by Gasteiger charge is -1.93. The minimum Gasteiger partial charge on any atom is -0.362 e. The number of hydrogen-bond donors (Lipinski definition) is 1. The Bertz CT molecular complexity index is 417. The SMILES string of the molecule is CCNc1nc(-c2ccc(C)s2)cs1. The average Bonchev–Trinajstić information content (AvgIpc) is 2.74. The highest BCUT2D eigenvalue weighted by molar-refractivity contribution is 7.16. The third-order valence-corrected chi connectivity index (χ3v) is 3.65. The molecule has 2 aromatic heterocycles. The molecule has 0 saturated heterocycles. The van der Waals surface area contributed by atoms with E-state index in [4.69, 9.17) is 0 Å². The Morgan fingerprint density at radius 2 is 2.29 bits per heavy atom. The highest BCUT2D eigenvalue weighted by Crippen LogP contribution is 2.30. The van der Waals surface area contributed by atoms with E-state index in [0.29, 0.717) is 0 Å². The highest BCUT2D eigenvalue weighted by Gasteiger charge is 2.05. The van der Waals surface area contributed by atoms with Crippen LogP contribution in [0.25, 0.3) is 10.6 Å². The van der Waals surface area contributed by atoms with E-state index in [-0.39, 0.29) is 0 Å².